The van der Waals surface area contributed by atoms with Crippen molar-refractivity contribution in [1.82, 2.24) is 9.97 Å². The van der Waals surface area contributed by atoms with E-state index in [9.17, 15) is 0 Å². The minimum Gasteiger partial charge on any atom is -0.494 e. The highest BCUT2D eigenvalue weighted by Crippen LogP contribution is 2.37. The zero-order chi connectivity index (χ0) is 28.9. The largest absolute Gasteiger partial charge is 0.494 e. The Balaban J connectivity index is 1.60. The predicted molar refractivity (Wildman–Crippen MR) is 182 cm³/mol. The van der Waals surface area contributed by atoms with Gasteiger partial charge in [0.25, 0.3) is 0 Å². The van der Waals surface area contributed by atoms with Crippen molar-refractivity contribution in [3.63, 3.8) is 0 Å². The molecule has 3 nitrogen and oxygen atoms in total. The summed E-state index contributed by atoms with van der Waals surface area (Å²) in [6.45, 7) is 5.27. The summed E-state index contributed by atoms with van der Waals surface area (Å²) in [6.07, 6.45) is 16.4. The van der Waals surface area contributed by atoms with Gasteiger partial charge in [-0.2, -0.15) is 0 Å². The van der Waals surface area contributed by atoms with Crippen LogP contribution in [0.1, 0.15) is 96.5 Å². The molecule has 0 radical (unpaired) electrons. The third-order valence-corrected chi connectivity index (χ3v) is 8.90. The van der Waals surface area contributed by atoms with E-state index in [4.69, 9.17) is 14.7 Å². The molecule has 41 heavy (non-hydrogen) atoms. The number of nitrogens with zero attached hydrogens (tertiary/aromatic N) is 2. The van der Waals surface area contributed by atoms with Crippen molar-refractivity contribution in [2.24, 2.45) is 0 Å². The fourth-order valence-corrected chi connectivity index (χ4v) is 6.08. The molecule has 0 unspecified atom stereocenters. The Morgan fingerprint density at radius 2 is 1.12 bits per heavy atom. The molecule has 0 saturated heterocycles. The first kappa shape index (κ1) is 31.7. The average molecular weight is 681 g/mol. The molecule has 4 aromatic rings. The van der Waals surface area contributed by atoms with Gasteiger partial charge in [0.1, 0.15) is 16.8 Å². The second-order valence-corrected chi connectivity index (χ2v) is 12.7. The van der Waals surface area contributed by atoms with Crippen molar-refractivity contribution in [3.05, 3.63) is 75.2 Å². The van der Waals surface area contributed by atoms with Gasteiger partial charge >= 0.3 is 0 Å². The van der Waals surface area contributed by atoms with E-state index in [1.165, 1.54) is 76.2 Å². The summed E-state index contributed by atoms with van der Waals surface area (Å²) < 4.78 is 8.06. The maximum Gasteiger partial charge on any atom is 0.119 e. The fraction of sp³-hybridized carbons (Fsp3) is 0.444. The number of benzene rings is 3. The molecule has 218 valence electrons. The second-order valence-electron chi connectivity index (χ2n) is 11.0. The Morgan fingerprint density at radius 1 is 0.585 bits per heavy atom. The molecule has 0 fully saturated rings. The molecule has 0 aliphatic rings. The van der Waals surface area contributed by atoms with Crippen LogP contribution in [0.25, 0.3) is 33.5 Å². The van der Waals surface area contributed by atoms with Crippen molar-refractivity contribution in [3.8, 4) is 28.3 Å². The molecule has 0 aliphatic heterocycles. The quantitative estimate of drug-likeness (QED) is 0.104. The third kappa shape index (κ3) is 9.38. The number of ether oxygens (including phenoxy) is 1. The molecule has 0 saturated carbocycles. The van der Waals surface area contributed by atoms with Gasteiger partial charge in [0.05, 0.1) is 18.0 Å². The van der Waals surface area contributed by atoms with E-state index in [1.54, 1.807) is 0 Å². The Bertz CT molecular complexity index is 1390. The molecule has 1 heterocycles. The van der Waals surface area contributed by atoms with Gasteiger partial charge in [-0.25, -0.2) is 9.97 Å². The SMILES string of the molecule is CCCCCCCCOc1cccc(-c2nc3c(Br)ccc(Br)c3nc2-c2cccc(CCCCCCCC)c2)c1. The lowest BCUT2D eigenvalue weighted by molar-refractivity contribution is 0.304. The Morgan fingerprint density at radius 3 is 1.76 bits per heavy atom. The number of aromatic nitrogens is 2. The van der Waals surface area contributed by atoms with Gasteiger partial charge in [-0.05, 0) is 87.0 Å². The first-order valence-electron chi connectivity index (χ1n) is 15.6. The summed E-state index contributed by atoms with van der Waals surface area (Å²) >= 11 is 7.43. The summed E-state index contributed by atoms with van der Waals surface area (Å²) in [5.41, 5.74) is 6.95. The summed E-state index contributed by atoms with van der Waals surface area (Å²) in [7, 11) is 0. The van der Waals surface area contributed by atoms with E-state index in [-0.39, 0.29) is 0 Å². The van der Waals surface area contributed by atoms with Crippen LogP contribution in [0.2, 0.25) is 0 Å². The number of unbranched alkanes of at least 4 members (excludes halogenated alkanes) is 10. The van der Waals surface area contributed by atoms with Gasteiger partial charge in [0, 0.05) is 20.1 Å². The molecule has 1 aromatic heterocycles. The second kappa shape index (κ2) is 17.0. The lowest BCUT2D eigenvalue weighted by Crippen LogP contribution is -1.99. The molecule has 0 amide bonds. The number of hydrogen-bond donors (Lipinski definition) is 0. The molecule has 0 bridgehead atoms. The maximum atomic E-state index is 6.18. The van der Waals surface area contributed by atoms with Crippen molar-refractivity contribution in [2.75, 3.05) is 6.61 Å². The number of halogens is 2. The first-order valence-corrected chi connectivity index (χ1v) is 17.2. The highest BCUT2D eigenvalue weighted by molar-refractivity contribution is 9.11. The molecule has 0 spiro atoms. The van der Waals surface area contributed by atoms with Crippen LogP contribution in [-0.4, -0.2) is 16.6 Å². The molecule has 0 atom stereocenters. The van der Waals surface area contributed by atoms with Gasteiger partial charge in [-0.3, -0.25) is 0 Å². The van der Waals surface area contributed by atoms with E-state index in [0.717, 1.165) is 67.7 Å². The first-order chi connectivity index (χ1) is 20.1. The van der Waals surface area contributed by atoms with Crippen molar-refractivity contribution < 1.29 is 4.74 Å². The van der Waals surface area contributed by atoms with Crippen LogP contribution in [0.15, 0.2) is 69.6 Å². The minimum atomic E-state index is 0.741. The smallest absolute Gasteiger partial charge is 0.119 e. The lowest BCUT2D eigenvalue weighted by Gasteiger charge is -2.14. The molecular formula is C36H44Br2N2O. The minimum absolute atomic E-state index is 0.741. The summed E-state index contributed by atoms with van der Waals surface area (Å²) in [5.74, 6) is 0.883. The highest BCUT2D eigenvalue weighted by atomic mass is 79.9. The number of aryl methyl sites for hydroxylation is 1. The summed E-state index contributed by atoms with van der Waals surface area (Å²) in [6, 6.07) is 21.2. The van der Waals surface area contributed by atoms with Crippen LogP contribution >= 0.6 is 31.9 Å². The van der Waals surface area contributed by atoms with E-state index in [0.29, 0.717) is 0 Å². The van der Waals surface area contributed by atoms with Crippen LogP contribution in [0.3, 0.4) is 0 Å². The highest BCUT2D eigenvalue weighted by Gasteiger charge is 2.17. The van der Waals surface area contributed by atoms with Gasteiger partial charge in [0.2, 0.25) is 0 Å². The molecule has 0 N–H and O–H groups in total. The number of fused-ring (bicyclic) bond motifs is 1. The molecular weight excluding hydrogens is 636 g/mol. The monoisotopic (exact) mass is 678 g/mol. The number of hydrogen-bond acceptors (Lipinski definition) is 3. The summed E-state index contributed by atoms with van der Waals surface area (Å²) in [4.78, 5) is 10.4. The Hall–Kier alpha value is -2.24. The standard InChI is InChI=1S/C36H44Br2N2O/c1-3-5-7-9-11-13-17-27-18-15-19-28(25-27)33-34(40-36-32(38)23-22-31(37)35(36)39-33)29-20-16-21-30(26-29)41-24-14-12-10-8-6-4-2/h15-16,18-23,25-26H,3-14,17,24H2,1-2H3. The van der Waals surface area contributed by atoms with Crippen LogP contribution in [-0.2, 0) is 6.42 Å². The van der Waals surface area contributed by atoms with E-state index < -0.39 is 0 Å². The lowest BCUT2D eigenvalue weighted by atomic mass is 9.99. The van der Waals surface area contributed by atoms with Crippen LogP contribution in [0, 0.1) is 0 Å². The normalized spacial score (nSPS) is 11.3. The zero-order valence-corrected chi connectivity index (χ0v) is 27.9. The van der Waals surface area contributed by atoms with Crippen molar-refractivity contribution >= 4 is 42.9 Å². The maximum absolute atomic E-state index is 6.18. The van der Waals surface area contributed by atoms with E-state index in [1.807, 2.05) is 18.2 Å². The Kier molecular flexibility index (Phi) is 13.2. The molecule has 0 aliphatic carbocycles. The summed E-state index contributed by atoms with van der Waals surface area (Å²) in [5, 5.41) is 0. The van der Waals surface area contributed by atoms with Crippen LogP contribution in [0.5, 0.6) is 5.75 Å². The van der Waals surface area contributed by atoms with Gasteiger partial charge < -0.3 is 4.74 Å². The number of rotatable bonds is 17. The average Bonchev–Trinajstić information content (AvgIpc) is 3.00. The molecule has 4 rings (SSSR count). The topological polar surface area (TPSA) is 35.0 Å². The van der Waals surface area contributed by atoms with E-state index >= 15 is 0 Å². The van der Waals surface area contributed by atoms with E-state index in [2.05, 4.69) is 88.2 Å². The van der Waals surface area contributed by atoms with Crippen LogP contribution < -0.4 is 4.74 Å². The van der Waals surface area contributed by atoms with Crippen molar-refractivity contribution in [2.45, 2.75) is 97.3 Å². The molecule has 3 aromatic carbocycles. The molecule has 5 heteroatoms. The van der Waals surface area contributed by atoms with Crippen LogP contribution in [0.4, 0.5) is 0 Å². The van der Waals surface area contributed by atoms with Gasteiger partial charge in [0.15, 0.2) is 0 Å². The van der Waals surface area contributed by atoms with Crippen molar-refractivity contribution in [1.29, 1.82) is 0 Å². The van der Waals surface area contributed by atoms with Gasteiger partial charge in [-0.15, -0.1) is 0 Å². The zero-order valence-electron chi connectivity index (χ0n) is 24.7. The third-order valence-electron chi connectivity index (χ3n) is 7.62. The van der Waals surface area contributed by atoms with Gasteiger partial charge in [-0.1, -0.05) is 108 Å². The predicted octanol–water partition coefficient (Wildman–Crippen LogP) is 12.1. The Labute approximate surface area is 263 Å². The fourth-order valence-electron chi connectivity index (χ4n) is 5.26.